The van der Waals surface area contributed by atoms with Gasteiger partial charge in [0.15, 0.2) is 46.0 Å². The Morgan fingerprint density at radius 1 is 0.224 bits per heavy atom. The third kappa shape index (κ3) is 15.0. The van der Waals surface area contributed by atoms with E-state index in [2.05, 4.69) is 0 Å². The summed E-state index contributed by atoms with van der Waals surface area (Å²) in [6.45, 7) is 10.1. The molecule has 0 N–H and O–H groups in total. The quantitative estimate of drug-likeness (QED) is 0.0877. The van der Waals surface area contributed by atoms with Gasteiger partial charge in [0.05, 0.1) is 0 Å². The lowest BCUT2D eigenvalue weighted by Gasteiger charge is -2.21. The predicted molar refractivity (Wildman–Crippen MR) is 219 cm³/mol. The van der Waals surface area contributed by atoms with Gasteiger partial charge in [-0.2, -0.15) is 0 Å². The minimum absolute atomic E-state index is 0.246. The summed E-state index contributed by atoms with van der Waals surface area (Å²) in [7, 11) is 0. The molecule has 4 aromatic carbocycles. The lowest BCUT2D eigenvalue weighted by molar-refractivity contribution is -0.134. The smallest absolute Gasteiger partial charge is 0.308 e. The lowest BCUT2D eigenvalue weighted by atomic mass is 10.2. The first-order valence-electron chi connectivity index (χ1n) is 19.0. The monoisotopic (exact) mass is 934 g/mol. The van der Waals surface area contributed by atoms with Crippen LogP contribution in [0.25, 0.3) is 0 Å². The highest BCUT2D eigenvalue weighted by Crippen LogP contribution is 2.53. The van der Waals surface area contributed by atoms with Gasteiger partial charge in [-0.15, -0.1) is 0 Å². The second-order valence-corrected chi connectivity index (χ2v) is 13.2. The van der Waals surface area contributed by atoms with E-state index < -0.39 is 140 Å². The maximum absolute atomic E-state index is 12.7. The van der Waals surface area contributed by atoms with Crippen molar-refractivity contribution in [1.29, 1.82) is 0 Å². The van der Waals surface area contributed by atoms with Gasteiger partial charge in [-0.1, -0.05) is 0 Å². The summed E-state index contributed by atoms with van der Waals surface area (Å²) in [6, 6.07) is 8.08. The topological polar surface area (TPSA) is 291 Å². The van der Waals surface area contributed by atoms with Crippen LogP contribution in [0.2, 0.25) is 0 Å². The number of carbonyl (C=O) groups excluding carboxylic acids is 10. The van der Waals surface area contributed by atoms with Gasteiger partial charge in [0.1, 0.15) is 23.0 Å². The molecular formula is C44H38O23. The van der Waals surface area contributed by atoms with Crippen LogP contribution in [0.15, 0.2) is 48.5 Å². The normalized spacial score (nSPS) is 10.2. The van der Waals surface area contributed by atoms with E-state index in [9.17, 15) is 47.9 Å². The zero-order valence-electron chi connectivity index (χ0n) is 37.0. The summed E-state index contributed by atoms with van der Waals surface area (Å²) >= 11 is 0. The maximum atomic E-state index is 12.7. The van der Waals surface area contributed by atoms with Crippen LogP contribution in [0.4, 0.5) is 0 Å². The molecule has 23 heteroatoms. The van der Waals surface area contributed by atoms with Crippen LogP contribution in [-0.4, -0.2) is 59.7 Å². The van der Waals surface area contributed by atoms with Gasteiger partial charge in [0.25, 0.3) is 0 Å². The van der Waals surface area contributed by atoms with Crippen LogP contribution in [0.3, 0.4) is 0 Å². The Labute approximate surface area is 378 Å². The molecule has 0 saturated carbocycles. The number of hydrogen-bond acceptors (Lipinski definition) is 23. The summed E-state index contributed by atoms with van der Waals surface area (Å²) in [5.41, 5.74) is 0. The van der Waals surface area contributed by atoms with E-state index in [0.717, 1.165) is 118 Å². The molecular weight excluding hydrogens is 896 g/mol. The third-order valence-electron chi connectivity index (χ3n) is 7.17. The third-order valence-corrected chi connectivity index (χ3v) is 7.17. The van der Waals surface area contributed by atoms with Crippen molar-refractivity contribution in [2.75, 3.05) is 0 Å². The van der Waals surface area contributed by atoms with E-state index >= 15 is 0 Å². The molecule has 4 aromatic rings. The maximum Gasteiger partial charge on any atom is 0.308 e. The van der Waals surface area contributed by atoms with Gasteiger partial charge in [-0.05, 0) is 0 Å². The molecule has 0 fully saturated rings. The van der Waals surface area contributed by atoms with Crippen molar-refractivity contribution in [3.8, 4) is 92.0 Å². The number of benzene rings is 4. The van der Waals surface area contributed by atoms with Crippen LogP contribution in [0.5, 0.6) is 92.0 Å². The van der Waals surface area contributed by atoms with E-state index in [1.165, 1.54) is 0 Å². The van der Waals surface area contributed by atoms with Crippen LogP contribution in [-0.2, 0) is 47.9 Å². The Bertz CT molecular complexity index is 2600. The number of esters is 10. The zero-order valence-corrected chi connectivity index (χ0v) is 37.0. The van der Waals surface area contributed by atoms with Crippen molar-refractivity contribution in [3.05, 3.63) is 48.5 Å². The lowest BCUT2D eigenvalue weighted by Crippen LogP contribution is -2.11. The predicted octanol–water partition coefficient (Wildman–Crippen LogP) is 6.32. The number of carbonyl (C=O) groups is 10. The second-order valence-electron chi connectivity index (χ2n) is 13.2. The highest BCUT2D eigenvalue weighted by atomic mass is 16.6. The largest absolute Gasteiger partial charge is 0.449 e. The van der Waals surface area contributed by atoms with Crippen molar-refractivity contribution in [2.24, 2.45) is 0 Å². The van der Waals surface area contributed by atoms with Gasteiger partial charge in [-0.3, -0.25) is 47.9 Å². The second kappa shape index (κ2) is 22.1. The molecule has 0 atom stereocenters. The van der Waals surface area contributed by atoms with Crippen LogP contribution < -0.4 is 61.6 Å². The summed E-state index contributed by atoms with van der Waals surface area (Å²) in [5, 5.41) is 0. The van der Waals surface area contributed by atoms with E-state index in [-0.39, 0.29) is 11.5 Å². The van der Waals surface area contributed by atoms with Gasteiger partial charge in [-0.25, -0.2) is 0 Å². The molecule has 0 radical (unpaired) electrons. The van der Waals surface area contributed by atoms with Crippen molar-refractivity contribution in [1.82, 2.24) is 0 Å². The molecule has 23 nitrogen and oxygen atoms in total. The Morgan fingerprint density at radius 2 is 0.418 bits per heavy atom. The highest BCUT2D eigenvalue weighted by Gasteiger charge is 2.29. The first-order valence-corrected chi connectivity index (χ1v) is 19.0. The van der Waals surface area contributed by atoms with Crippen LogP contribution in [0, 0.1) is 0 Å². The molecule has 0 aliphatic heterocycles. The standard InChI is InChI=1S/C44H38O23/c1-19(45)55-29-11-33(58-22(4)48)42(34(12-29)59-23(5)49)65-32-17-37(62-26(8)52)44(38(18-32)63-27(9)53)67-40-16-31(57-21(3)47)15-39(41(40)64-28(10)54)66-43-35(60-24(6)50)13-30(56-20(2)46)14-36(43)61-25(7)51/h11-18H,1-10H3. The minimum atomic E-state index is -1.03. The summed E-state index contributed by atoms with van der Waals surface area (Å²) in [5.74, 6) is -17.3. The molecule has 0 aliphatic carbocycles. The van der Waals surface area contributed by atoms with Crippen molar-refractivity contribution >= 4 is 59.7 Å². The van der Waals surface area contributed by atoms with Gasteiger partial charge in [0.2, 0.25) is 23.0 Å². The SMILES string of the molecule is CC(=O)Oc1cc(Oc2c(OC(C)=O)cc(OC(C)=O)cc2OC(C)=O)c(OC(C)=O)c(Oc2c(OC(C)=O)cc(Oc3c(OC(C)=O)cc(OC(C)=O)cc3OC(C)=O)cc2OC(C)=O)c1. The summed E-state index contributed by atoms with van der Waals surface area (Å²) in [4.78, 5) is 123. The van der Waals surface area contributed by atoms with Gasteiger partial charge >= 0.3 is 59.7 Å². The zero-order chi connectivity index (χ0) is 49.9. The molecule has 0 aliphatic rings. The molecule has 0 spiro atoms. The van der Waals surface area contributed by atoms with E-state index in [1.54, 1.807) is 0 Å². The molecule has 0 unspecified atom stereocenters. The van der Waals surface area contributed by atoms with E-state index in [4.69, 9.17) is 61.6 Å². The molecule has 0 heterocycles. The number of ether oxygens (including phenoxy) is 13. The summed E-state index contributed by atoms with van der Waals surface area (Å²) in [6.07, 6.45) is 0. The fraction of sp³-hybridized carbons (Fsp3) is 0.227. The summed E-state index contributed by atoms with van der Waals surface area (Å²) < 4.78 is 71.2. The Kier molecular flexibility index (Phi) is 16.7. The van der Waals surface area contributed by atoms with Gasteiger partial charge < -0.3 is 61.6 Å². The van der Waals surface area contributed by atoms with Crippen molar-refractivity contribution in [3.63, 3.8) is 0 Å². The number of rotatable bonds is 16. The van der Waals surface area contributed by atoms with Gasteiger partial charge in [0, 0.05) is 118 Å². The highest BCUT2D eigenvalue weighted by molar-refractivity contribution is 5.81. The molecule has 4 rings (SSSR count). The van der Waals surface area contributed by atoms with Crippen molar-refractivity contribution < 1.29 is 110 Å². The molecule has 0 amide bonds. The fourth-order valence-electron chi connectivity index (χ4n) is 5.36. The number of hydrogen-bond donors (Lipinski definition) is 0. The average Bonchev–Trinajstić information content (AvgIpc) is 3.14. The molecule has 352 valence electrons. The average molecular weight is 935 g/mol. The first kappa shape index (κ1) is 50.6. The van der Waals surface area contributed by atoms with Crippen LogP contribution >= 0.6 is 0 Å². The first-order chi connectivity index (χ1) is 31.4. The Morgan fingerprint density at radius 3 is 0.642 bits per heavy atom. The Balaban J connectivity index is 2.06. The van der Waals surface area contributed by atoms with Crippen molar-refractivity contribution in [2.45, 2.75) is 69.2 Å². The molecule has 0 saturated heterocycles. The van der Waals surface area contributed by atoms with E-state index in [1.807, 2.05) is 0 Å². The molecule has 67 heavy (non-hydrogen) atoms. The minimum Gasteiger partial charge on any atom is -0.449 e. The fourth-order valence-corrected chi connectivity index (χ4v) is 5.36. The Hall–Kier alpha value is -9.02. The van der Waals surface area contributed by atoms with E-state index in [0.29, 0.717) is 0 Å². The molecule has 0 bridgehead atoms. The molecule has 0 aromatic heterocycles. The van der Waals surface area contributed by atoms with Crippen LogP contribution in [0.1, 0.15) is 69.2 Å².